The second-order valence-electron chi connectivity index (χ2n) is 6.02. The summed E-state index contributed by atoms with van der Waals surface area (Å²) in [5.74, 6) is 0. The van der Waals surface area contributed by atoms with E-state index in [0.717, 1.165) is 5.02 Å². The zero-order chi connectivity index (χ0) is 13.9. The Hall–Kier alpha value is -1.79. The van der Waals surface area contributed by atoms with Gasteiger partial charge in [0.25, 0.3) is 0 Å². The number of rotatable bonds is 0. The first kappa shape index (κ1) is 12.0. The van der Waals surface area contributed by atoms with Gasteiger partial charge in [0, 0.05) is 10.4 Å². The molecule has 0 saturated heterocycles. The van der Waals surface area contributed by atoms with Gasteiger partial charge in [0.15, 0.2) is 0 Å². The molecule has 4 rings (SSSR count). The molecule has 3 aromatic carbocycles. The van der Waals surface area contributed by atoms with Gasteiger partial charge in [0.2, 0.25) is 0 Å². The van der Waals surface area contributed by atoms with Crippen LogP contribution in [0.4, 0.5) is 0 Å². The fourth-order valence-electron chi connectivity index (χ4n) is 3.57. The van der Waals surface area contributed by atoms with Gasteiger partial charge in [-0.1, -0.05) is 67.9 Å². The van der Waals surface area contributed by atoms with Crippen LogP contribution < -0.4 is 0 Å². The minimum Gasteiger partial charge on any atom is -0.0843 e. The van der Waals surface area contributed by atoms with Crippen LogP contribution >= 0.6 is 11.6 Å². The van der Waals surface area contributed by atoms with Gasteiger partial charge in [-0.05, 0) is 45.2 Å². The predicted octanol–water partition coefficient (Wildman–Crippen LogP) is 5.80. The Labute approximate surface area is 124 Å². The molecule has 1 aliphatic rings. The van der Waals surface area contributed by atoms with Crippen molar-refractivity contribution in [2.45, 2.75) is 19.3 Å². The molecule has 0 radical (unpaired) electrons. The molecule has 20 heavy (non-hydrogen) atoms. The van der Waals surface area contributed by atoms with Crippen LogP contribution in [-0.2, 0) is 5.41 Å². The lowest BCUT2D eigenvalue weighted by Gasteiger charge is -2.23. The van der Waals surface area contributed by atoms with E-state index >= 15 is 0 Å². The van der Waals surface area contributed by atoms with Crippen LogP contribution in [0.2, 0.25) is 5.02 Å². The van der Waals surface area contributed by atoms with Gasteiger partial charge in [-0.2, -0.15) is 0 Å². The molecule has 0 fully saturated rings. The third-order valence-corrected chi connectivity index (χ3v) is 4.73. The summed E-state index contributed by atoms with van der Waals surface area (Å²) in [6.45, 7) is 4.58. The topological polar surface area (TPSA) is 0 Å². The smallest absolute Gasteiger partial charge is 0.0409 e. The average molecular weight is 279 g/mol. The van der Waals surface area contributed by atoms with Gasteiger partial charge in [0.05, 0.1) is 0 Å². The van der Waals surface area contributed by atoms with Crippen molar-refractivity contribution in [2.75, 3.05) is 0 Å². The molecule has 0 aliphatic heterocycles. The molecule has 0 N–H and O–H groups in total. The van der Waals surface area contributed by atoms with Crippen molar-refractivity contribution in [3.8, 4) is 11.1 Å². The molecule has 0 heterocycles. The third kappa shape index (κ3) is 1.43. The molecule has 0 atom stereocenters. The first-order valence-corrected chi connectivity index (χ1v) is 7.29. The fraction of sp³-hybridized carbons (Fsp3) is 0.158. The van der Waals surface area contributed by atoms with Gasteiger partial charge in [-0.3, -0.25) is 0 Å². The van der Waals surface area contributed by atoms with Crippen molar-refractivity contribution in [2.24, 2.45) is 0 Å². The predicted molar refractivity (Wildman–Crippen MR) is 86.5 cm³/mol. The second kappa shape index (κ2) is 3.86. The third-order valence-electron chi connectivity index (χ3n) is 4.50. The monoisotopic (exact) mass is 278 g/mol. The van der Waals surface area contributed by atoms with Crippen molar-refractivity contribution in [3.63, 3.8) is 0 Å². The Morgan fingerprint density at radius 1 is 0.850 bits per heavy atom. The molecular weight excluding hydrogens is 264 g/mol. The minimum absolute atomic E-state index is 0.00354. The van der Waals surface area contributed by atoms with Crippen molar-refractivity contribution in [3.05, 3.63) is 70.7 Å². The Morgan fingerprint density at radius 2 is 1.60 bits per heavy atom. The summed E-state index contributed by atoms with van der Waals surface area (Å²) in [6, 6.07) is 19.3. The quantitative estimate of drug-likeness (QED) is 0.487. The summed E-state index contributed by atoms with van der Waals surface area (Å²) < 4.78 is 0. The Balaban J connectivity index is 2.17. The van der Waals surface area contributed by atoms with Crippen LogP contribution in [0.15, 0.2) is 54.6 Å². The lowest BCUT2D eigenvalue weighted by atomic mass is 9.80. The average Bonchev–Trinajstić information content (AvgIpc) is 2.67. The van der Waals surface area contributed by atoms with Crippen LogP contribution in [0.1, 0.15) is 25.0 Å². The van der Waals surface area contributed by atoms with E-state index in [2.05, 4.69) is 62.4 Å². The molecule has 0 amide bonds. The maximum absolute atomic E-state index is 6.21. The number of benzene rings is 3. The van der Waals surface area contributed by atoms with Crippen molar-refractivity contribution >= 4 is 22.4 Å². The second-order valence-corrected chi connectivity index (χ2v) is 6.46. The molecule has 3 aromatic rings. The number of hydrogen-bond acceptors (Lipinski definition) is 0. The SMILES string of the molecule is CC1(C)c2cc(Cl)ccc2-c2ccc3ccccc3c21. The summed E-state index contributed by atoms with van der Waals surface area (Å²) in [4.78, 5) is 0. The van der Waals surface area contributed by atoms with Gasteiger partial charge >= 0.3 is 0 Å². The summed E-state index contributed by atoms with van der Waals surface area (Å²) in [5.41, 5.74) is 5.42. The summed E-state index contributed by atoms with van der Waals surface area (Å²) in [7, 11) is 0. The first-order valence-electron chi connectivity index (χ1n) is 6.92. The molecule has 0 bridgehead atoms. The van der Waals surface area contributed by atoms with Crippen molar-refractivity contribution in [1.82, 2.24) is 0 Å². The standard InChI is InChI=1S/C19H15Cl/c1-19(2)17-11-13(20)8-10-15(17)16-9-7-12-5-3-4-6-14(12)18(16)19/h3-11H,1-2H3. The maximum Gasteiger partial charge on any atom is 0.0409 e. The van der Waals surface area contributed by atoms with E-state index in [1.165, 1.54) is 33.0 Å². The molecule has 0 nitrogen and oxygen atoms in total. The molecule has 0 aromatic heterocycles. The molecule has 0 spiro atoms. The van der Waals surface area contributed by atoms with Crippen LogP contribution in [0.25, 0.3) is 21.9 Å². The summed E-state index contributed by atoms with van der Waals surface area (Å²) in [6.07, 6.45) is 0. The zero-order valence-electron chi connectivity index (χ0n) is 11.6. The van der Waals surface area contributed by atoms with Crippen molar-refractivity contribution in [1.29, 1.82) is 0 Å². The highest BCUT2D eigenvalue weighted by atomic mass is 35.5. The van der Waals surface area contributed by atoms with Crippen LogP contribution in [0.3, 0.4) is 0 Å². The highest BCUT2D eigenvalue weighted by Crippen LogP contribution is 2.51. The molecular formula is C19H15Cl. The highest BCUT2D eigenvalue weighted by molar-refractivity contribution is 6.30. The summed E-state index contributed by atoms with van der Waals surface area (Å²) >= 11 is 6.21. The van der Waals surface area contributed by atoms with E-state index < -0.39 is 0 Å². The minimum atomic E-state index is -0.00354. The fourth-order valence-corrected chi connectivity index (χ4v) is 3.74. The van der Waals surface area contributed by atoms with E-state index in [4.69, 9.17) is 11.6 Å². The maximum atomic E-state index is 6.21. The Morgan fingerprint density at radius 3 is 2.45 bits per heavy atom. The van der Waals surface area contributed by atoms with Crippen LogP contribution in [0.5, 0.6) is 0 Å². The number of halogens is 1. The van der Waals surface area contributed by atoms with E-state index in [1.54, 1.807) is 0 Å². The van der Waals surface area contributed by atoms with Gasteiger partial charge in [0.1, 0.15) is 0 Å². The van der Waals surface area contributed by atoms with Gasteiger partial charge in [-0.25, -0.2) is 0 Å². The lowest BCUT2D eigenvalue weighted by Crippen LogP contribution is -2.15. The largest absolute Gasteiger partial charge is 0.0843 e. The number of fused-ring (bicyclic) bond motifs is 5. The molecule has 1 aliphatic carbocycles. The van der Waals surface area contributed by atoms with E-state index in [9.17, 15) is 0 Å². The van der Waals surface area contributed by atoms with E-state index in [-0.39, 0.29) is 5.41 Å². The van der Waals surface area contributed by atoms with E-state index in [0.29, 0.717) is 0 Å². The van der Waals surface area contributed by atoms with Crippen molar-refractivity contribution < 1.29 is 0 Å². The first-order chi connectivity index (χ1) is 9.59. The highest BCUT2D eigenvalue weighted by Gasteiger charge is 2.36. The van der Waals surface area contributed by atoms with Crippen LogP contribution in [-0.4, -0.2) is 0 Å². The molecule has 0 saturated carbocycles. The van der Waals surface area contributed by atoms with Gasteiger partial charge in [-0.15, -0.1) is 0 Å². The van der Waals surface area contributed by atoms with E-state index in [1.807, 2.05) is 6.07 Å². The molecule has 0 unspecified atom stereocenters. The molecule has 1 heteroatoms. The normalized spacial score (nSPS) is 15.2. The Kier molecular flexibility index (Phi) is 2.32. The number of hydrogen-bond donors (Lipinski definition) is 0. The molecule has 98 valence electrons. The lowest BCUT2D eigenvalue weighted by molar-refractivity contribution is 0.666. The van der Waals surface area contributed by atoms with Gasteiger partial charge < -0.3 is 0 Å². The zero-order valence-corrected chi connectivity index (χ0v) is 12.3. The summed E-state index contributed by atoms with van der Waals surface area (Å²) in [5, 5.41) is 3.47. The van der Waals surface area contributed by atoms with Crippen LogP contribution in [0, 0.1) is 0 Å². The Bertz CT molecular complexity index is 844.